The number of phosphoric acid groups is 3. The van der Waals surface area contributed by atoms with E-state index in [4.69, 9.17) is 24.7 Å². The molecule has 1 saturated heterocycles. The van der Waals surface area contributed by atoms with Crippen molar-refractivity contribution in [3.05, 3.63) is 98.2 Å². The van der Waals surface area contributed by atoms with Crippen LogP contribution >= 0.6 is 23.5 Å². The van der Waals surface area contributed by atoms with E-state index in [0.717, 1.165) is 6.20 Å². The number of aromatic nitrogens is 2. The predicted octanol–water partition coefficient (Wildman–Crippen LogP) is 1.53. The zero-order valence-corrected chi connectivity index (χ0v) is 37.4. The summed E-state index contributed by atoms with van der Waals surface area (Å²) in [5.74, 6) is 2.74. The number of nitrogens with two attached hydrogens (primary N) is 1. The highest BCUT2D eigenvalue weighted by Gasteiger charge is 2.47. The van der Waals surface area contributed by atoms with E-state index in [1.54, 1.807) is 6.07 Å². The van der Waals surface area contributed by atoms with Crippen LogP contribution in [0.25, 0.3) is 33.4 Å². The average molecular weight is 1010 g/mol. The number of hydrogen-bond donors (Lipinski definition) is 11. The maximum Gasteiger partial charge on any atom is 0.490 e. The van der Waals surface area contributed by atoms with Gasteiger partial charge in [-0.1, -0.05) is 18.3 Å². The molecule has 68 heavy (non-hydrogen) atoms. The second-order valence-electron chi connectivity index (χ2n) is 14.7. The molecule has 0 spiro atoms. The first-order valence-electron chi connectivity index (χ1n) is 19.7. The van der Waals surface area contributed by atoms with Crippen molar-refractivity contribution >= 4 is 58.0 Å². The predicted molar refractivity (Wildman–Crippen MR) is 233 cm³/mol. The fourth-order valence-electron chi connectivity index (χ4n) is 6.82. The van der Waals surface area contributed by atoms with Crippen LogP contribution in [0.15, 0.2) is 74.8 Å². The molecule has 0 saturated carbocycles. The summed E-state index contributed by atoms with van der Waals surface area (Å²) in [6, 6.07) is 12.4. The van der Waals surface area contributed by atoms with Crippen LogP contribution in [-0.2, 0) is 36.4 Å². The van der Waals surface area contributed by atoms with Crippen LogP contribution in [0.4, 0.5) is 5.82 Å². The number of phenolic OH excluding ortho intramolecular Hbond substituents is 1. The molecular weight excluding hydrogens is 967 g/mol. The number of anilines is 1. The van der Waals surface area contributed by atoms with Gasteiger partial charge in [0.1, 0.15) is 41.2 Å². The van der Waals surface area contributed by atoms with Crippen molar-refractivity contribution in [2.45, 2.75) is 50.2 Å². The van der Waals surface area contributed by atoms with Crippen LogP contribution in [-0.4, -0.2) is 105 Å². The van der Waals surface area contributed by atoms with Gasteiger partial charge in [0, 0.05) is 53.4 Å². The number of carbonyl (C=O) groups is 3. The Kier molecular flexibility index (Phi) is 15.9. The molecule has 2 amide bonds. The molecule has 3 aliphatic rings. The number of carboxylic acids is 1. The van der Waals surface area contributed by atoms with Crippen LogP contribution in [0, 0.1) is 11.8 Å². The van der Waals surface area contributed by atoms with Crippen molar-refractivity contribution in [1.29, 1.82) is 0 Å². The number of carbonyl (C=O) groups excluding carboxylic acids is 2. The summed E-state index contributed by atoms with van der Waals surface area (Å²) < 4.78 is 58.0. The minimum absolute atomic E-state index is 0.0869. The van der Waals surface area contributed by atoms with E-state index in [-0.39, 0.29) is 76.0 Å². The van der Waals surface area contributed by atoms with Crippen molar-refractivity contribution in [2.24, 2.45) is 0 Å². The van der Waals surface area contributed by atoms with E-state index in [2.05, 4.69) is 40.6 Å². The molecule has 0 radical (unpaired) electrons. The Morgan fingerprint density at radius 2 is 1.63 bits per heavy atom. The van der Waals surface area contributed by atoms with Gasteiger partial charge >= 0.3 is 35.1 Å². The summed E-state index contributed by atoms with van der Waals surface area (Å²) in [5.41, 5.74) is 5.45. The molecule has 2 aliphatic heterocycles. The number of amides is 2. The Morgan fingerprint density at radius 3 is 2.35 bits per heavy atom. The molecule has 1 aliphatic carbocycles. The quantitative estimate of drug-likeness (QED) is 0.0256. The van der Waals surface area contributed by atoms with Crippen LogP contribution in [0.5, 0.6) is 5.75 Å². The first-order chi connectivity index (χ1) is 31.9. The molecule has 29 heteroatoms. The number of hydrogen-bond acceptors (Lipinski definition) is 18. The normalized spacial score (nSPS) is 18.9. The smallest absolute Gasteiger partial charge is 0.490 e. The van der Waals surface area contributed by atoms with E-state index >= 15 is 0 Å². The van der Waals surface area contributed by atoms with Gasteiger partial charge in [-0.05, 0) is 60.9 Å². The SMILES string of the molecule is Nc1nc(=O)n([C@@H]2O[C@H](COP(=O)(O)OP(=O)(O)OP(=O)(O)O)[C@@H](O)[C@H]2O)cc1C#CCNC(=O)CCCCCNC(=O)c1ccc(C(=O)O)c(-c2c3ccc(=O)cc-3oc3cc(O)ccc23)c1. The zero-order valence-electron chi connectivity index (χ0n) is 34.7. The number of aliphatic hydroxyl groups excluding tert-OH is 2. The second-order valence-corrected chi connectivity index (χ2v) is 19.1. The molecule has 6 atom stereocenters. The van der Waals surface area contributed by atoms with Gasteiger partial charge in [0.05, 0.1) is 24.3 Å². The monoisotopic (exact) mass is 1010 g/mol. The van der Waals surface area contributed by atoms with Gasteiger partial charge in [0.15, 0.2) is 11.7 Å². The van der Waals surface area contributed by atoms with Crippen molar-refractivity contribution in [1.82, 2.24) is 20.2 Å². The third-order valence-corrected chi connectivity index (χ3v) is 13.6. The number of aromatic hydroxyl groups is 1. The van der Waals surface area contributed by atoms with Crippen LogP contribution in [0.2, 0.25) is 0 Å². The molecule has 2 unspecified atom stereocenters. The number of nitrogen functional groups attached to an aromatic ring is 1. The third kappa shape index (κ3) is 12.9. The molecule has 1 aromatic heterocycles. The Labute approximate surface area is 381 Å². The number of benzene rings is 3. The second kappa shape index (κ2) is 21.0. The maximum atomic E-state index is 13.3. The lowest BCUT2D eigenvalue weighted by Crippen LogP contribution is -2.36. The van der Waals surface area contributed by atoms with Crippen molar-refractivity contribution < 1.29 is 90.4 Å². The molecule has 3 aromatic rings. The molecule has 26 nitrogen and oxygen atoms in total. The summed E-state index contributed by atoms with van der Waals surface area (Å²) in [6.45, 7) is -1.12. The number of nitrogens with zero attached hydrogens (tertiary/aromatic N) is 2. The van der Waals surface area contributed by atoms with Gasteiger partial charge in [-0.25, -0.2) is 23.3 Å². The lowest BCUT2D eigenvalue weighted by atomic mass is 9.89. The Bertz CT molecular complexity index is 3070. The first kappa shape index (κ1) is 51.3. The van der Waals surface area contributed by atoms with Gasteiger partial charge in [0.2, 0.25) is 5.91 Å². The number of unbranched alkanes of at least 4 members (excludes halogenated alkanes) is 2. The molecule has 6 rings (SSSR count). The molecule has 1 fully saturated rings. The van der Waals surface area contributed by atoms with Crippen molar-refractivity contribution in [3.8, 4) is 40.0 Å². The number of carboxylic acid groups (broad SMARTS) is 1. The summed E-state index contributed by atoms with van der Waals surface area (Å²) >= 11 is 0. The fourth-order valence-corrected chi connectivity index (χ4v) is 9.85. The third-order valence-electron chi connectivity index (χ3n) is 9.83. The van der Waals surface area contributed by atoms with E-state index in [0.29, 0.717) is 40.3 Å². The number of phenols is 1. The number of ether oxygens (including phenoxy) is 1. The number of phosphoric ester groups is 1. The summed E-state index contributed by atoms with van der Waals surface area (Å²) in [7, 11) is -17.1. The summed E-state index contributed by atoms with van der Waals surface area (Å²) in [5, 5.41) is 47.0. The summed E-state index contributed by atoms with van der Waals surface area (Å²) in [4.78, 5) is 103. The van der Waals surface area contributed by atoms with Crippen molar-refractivity contribution in [2.75, 3.05) is 25.4 Å². The van der Waals surface area contributed by atoms with Crippen LogP contribution in [0.3, 0.4) is 0 Å². The highest BCUT2D eigenvalue weighted by Crippen LogP contribution is 2.66. The zero-order chi connectivity index (χ0) is 49.7. The number of aromatic carboxylic acids is 1. The standard InChI is InChI=1S/C39H40N5O21P3/c40-35-21(18-44(39(53)43-35)37-34(49)33(48)30(63-37)19-61-67(57,58)65-68(59,60)64-66(54,55)56)5-4-14-41-31(47)6-2-1-3-13-42-36(50)20-7-10-24(38(51)52)27(15-20)32-25-11-8-22(45)16-28(25)62-29-17-23(46)9-12-26(29)32/h7-12,15-18,30,33-34,37,45,48-49H,1-3,6,13-14,19H2,(H,41,47)(H,42,50)(H,51,52)(H,57,58)(H,59,60)(H2,40,43,53)(H2,54,55,56)/t30-,33-,34-,37-/m1/s1. The lowest BCUT2D eigenvalue weighted by Gasteiger charge is -2.19. The molecule has 2 aromatic carbocycles. The number of fused-ring (bicyclic) bond motifs is 2. The van der Waals surface area contributed by atoms with Crippen LogP contribution < -0.4 is 27.5 Å². The van der Waals surface area contributed by atoms with E-state index in [9.17, 15) is 67.9 Å². The number of aliphatic hydroxyl groups is 2. The largest absolute Gasteiger partial charge is 0.508 e. The van der Waals surface area contributed by atoms with Crippen LogP contribution in [0.1, 0.15) is 58.2 Å². The van der Waals surface area contributed by atoms with Gasteiger partial charge < -0.3 is 65.5 Å². The van der Waals surface area contributed by atoms with Crippen molar-refractivity contribution in [3.63, 3.8) is 0 Å². The molecule has 3 heterocycles. The highest BCUT2D eigenvalue weighted by atomic mass is 31.3. The van der Waals surface area contributed by atoms with Gasteiger partial charge in [-0.3, -0.25) is 23.5 Å². The molecule has 12 N–H and O–H groups in total. The number of rotatable bonds is 18. The van der Waals surface area contributed by atoms with Gasteiger partial charge in [-0.15, -0.1) is 0 Å². The van der Waals surface area contributed by atoms with Gasteiger partial charge in [0.25, 0.3) is 5.91 Å². The Morgan fingerprint density at radius 1 is 0.882 bits per heavy atom. The fraction of sp³-hybridized carbons (Fsp3) is 0.282. The van der Waals surface area contributed by atoms with E-state index in [1.807, 2.05) is 0 Å². The minimum Gasteiger partial charge on any atom is -0.508 e. The van der Waals surface area contributed by atoms with Gasteiger partial charge in [-0.2, -0.15) is 13.6 Å². The first-order valence-corrected chi connectivity index (χ1v) is 24.2. The van der Waals surface area contributed by atoms with E-state index < -0.39 is 72.2 Å². The molecule has 0 bridgehead atoms. The highest BCUT2D eigenvalue weighted by molar-refractivity contribution is 7.66. The molecular formula is C39H40N5O21P3. The summed E-state index contributed by atoms with van der Waals surface area (Å²) in [6.07, 6.45) is -4.75. The van der Waals surface area contributed by atoms with E-state index in [1.165, 1.54) is 48.5 Å². The minimum atomic E-state index is -5.85. The average Bonchev–Trinajstić information content (AvgIpc) is 3.52. The Hall–Kier alpha value is -6.13. The lowest BCUT2D eigenvalue weighted by molar-refractivity contribution is -0.121. The topological polar surface area (TPSA) is 416 Å². The number of nitrogens with one attached hydrogen (secondary N) is 2. The maximum absolute atomic E-state index is 13.3. The Balaban J connectivity index is 0.983. The molecule has 362 valence electrons.